The number of nitrogens with one attached hydrogen (secondary N) is 1. The Morgan fingerprint density at radius 1 is 0.968 bits per heavy atom. The molecule has 0 aliphatic rings. The van der Waals surface area contributed by atoms with Crippen LogP contribution in [0.1, 0.15) is 76.1 Å². The maximum Gasteiger partial charge on any atom is 0.242 e. The Labute approximate surface area is 188 Å². The molecule has 0 heterocycles. The van der Waals surface area contributed by atoms with Crippen LogP contribution < -0.4 is 5.32 Å². The highest BCUT2D eigenvalue weighted by atomic mass is 16.2. The molecule has 2 aromatic rings. The summed E-state index contributed by atoms with van der Waals surface area (Å²) in [6, 6.07) is 16.0. The molecule has 0 saturated heterocycles. The van der Waals surface area contributed by atoms with Crippen LogP contribution in [0.15, 0.2) is 48.5 Å². The average Bonchev–Trinajstić information content (AvgIpc) is 2.68. The van der Waals surface area contributed by atoms with Crippen molar-refractivity contribution in [2.24, 2.45) is 0 Å². The monoisotopic (exact) mass is 422 g/mol. The van der Waals surface area contributed by atoms with Gasteiger partial charge in [0.15, 0.2) is 0 Å². The van der Waals surface area contributed by atoms with Gasteiger partial charge in [-0.1, -0.05) is 67.9 Å². The molecule has 4 heteroatoms. The number of carbonyl (C=O) groups is 2. The van der Waals surface area contributed by atoms with E-state index in [0.717, 1.165) is 16.7 Å². The maximum absolute atomic E-state index is 13.2. The molecule has 0 fully saturated rings. The number of amides is 2. The summed E-state index contributed by atoms with van der Waals surface area (Å²) in [5.74, 6) is 0.350. The van der Waals surface area contributed by atoms with E-state index in [9.17, 15) is 9.59 Å². The number of benzene rings is 2. The molecule has 0 radical (unpaired) electrons. The number of hydrogen-bond acceptors (Lipinski definition) is 2. The lowest BCUT2D eigenvalue weighted by Crippen LogP contribution is -2.52. The first kappa shape index (κ1) is 24.6. The second-order valence-electron chi connectivity index (χ2n) is 9.82. The third-order valence-electron chi connectivity index (χ3n) is 5.37. The lowest BCUT2D eigenvalue weighted by atomic mass is 10.00. The molecule has 168 valence electrons. The van der Waals surface area contributed by atoms with E-state index in [4.69, 9.17) is 0 Å². The lowest BCUT2D eigenvalue weighted by molar-refractivity contribution is -0.141. The smallest absolute Gasteiger partial charge is 0.242 e. The number of aryl methyl sites for hydroxylation is 2. The SMILES string of the molecule is Cc1cccc(CN(C(=O)CCc2ccc(C(C)C)cc2)C(C)C(=O)NC(C)(C)C)c1. The average molecular weight is 423 g/mol. The Morgan fingerprint density at radius 3 is 2.16 bits per heavy atom. The van der Waals surface area contributed by atoms with Gasteiger partial charge in [0.1, 0.15) is 6.04 Å². The van der Waals surface area contributed by atoms with Gasteiger partial charge in [-0.3, -0.25) is 9.59 Å². The van der Waals surface area contributed by atoms with Crippen LogP contribution in [0.5, 0.6) is 0 Å². The Balaban J connectivity index is 2.15. The molecule has 31 heavy (non-hydrogen) atoms. The van der Waals surface area contributed by atoms with Crippen molar-refractivity contribution in [3.8, 4) is 0 Å². The van der Waals surface area contributed by atoms with Crippen LogP contribution >= 0.6 is 0 Å². The van der Waals surface area contributed by atoms with Crippen LogP contribution in [0.25, 0.3) is 0 Å². The molecule has 1 unspecified atom stereocenters. The summed E-state index contributed by atoms with van der Waals surface area (Å²) in [4.78, 5) is 27.8. The second-order valence-corrected chi connectivity index (χ2v) is 9.82. The number of nitrogens with zero attached hydrogens (tertiary/aromatic N) is 1. The fourth-order valence-corrected chi connectivity index (χ4v) is 3.53. The first-order valence-electron chi connectivity index (χ1n) is 11.2. The zero-order valence-electron chi connectivity index (χ0n) is 20.2. The van der Waals surface area contributed by atoms with Crippen molar-refractivity contribution < 1.29 is 9.59 Å². The van der Waals surface area contributed by atoms with Gasteiger partial charge in [0.25, 0.3) is 0 Å². The summed E-state index contributed by atoms with van der Waals surface area (Å²) in [5.41, 5.74) is 4.26. The van der Waals surface area contributed by atoms with Crippen molar-refractivity contribution in [2.45, 2.75) is 85.4 Å². The fourth-order valence-electron chi connectivity index (χ4n) is 3.53. The normalized spacial score (nSPS) is 12.5. The molecule has 1 N–H and O–H groups in total. The van der Waals surface area contributed by atoms with Crippen LogP contribution in [0.4, 0.5) is 0 Å². The minimum Gasteiger partial charge on any atom is -0.350 e. The molecule has 1 atom stereocenters. The fraction of sp³-hybridized carbons (Fsp3) is 0.481. The summed E-state index contributed by atoms with van der Waals surface area (Å²) in [6.45, 7) is 14.5. The second kappa shape index (κ2) is 10.6. The first-order chi connectivity index (χ1) is 14.5. The zero-order chi connectivity index (χ0) is 23.2. The van der Waals surface area contributed by atoms with E-state index in [1.165, 1.54) is 5.56 Å². The summed E-state index contributed by atoms with van der Waals surface area (Å²) >= 11 is 0. The van der Waals surface area contributed by atoms with Crippen molar-refractivity contribution in [2.75, 3.05) is 0 Å². The standard InChI is InChI=1S/C27H38N2O2/c1-19(2)24-14-11-22(12-15-24)13-16-25(30)29(18-23-10-8-9-20(3)17-23)21(4)26(31)28-27(5,6)7/h8-12,14-15,17,19,21H,13,16,18H2,1-7H3,(H,28,31). The summed E-state index contributed by atoms with van der Waals surface area (Å²) in [6.07, 6.45) is 1.04. The highest BCUT2D eigenvalue weighted by Gasteiger charge is 2.28. The van der Waals surface area contributed by atoms with Crippen molar-refractivity contribution in [1.29, 1.82) is 0 Å². The van der Waals surface area contributed by atoms with Crippen molar-refractivity contribution in [3.63, 3.8) is 0 Å². The lowest BCUT2D eigenvalue weighted by Gasteiger charge is -2.31. The van der Waals surface area contributed by atoms with Gasteiger partial charge in [-0.05, 0) is 63.6 Å². The molecule has 0 spiro atoms. The zero-order valence-corrected chi connectivity index (χ0v) is 20.2. The summed E-state index contributed by atoms with van der Waals surface area (Å²) < 4.78 is 0. The van der Waals surface area contributed by atoms with Gasteiger partial charge in [0.2, 0.25) is 11.8 Å². The maximum atomic E-state index is 13.2. The van der Waals surface area contributed by atoms with E-state index in [1.54, 1.807) is 4.90 Å². The number of carbonyl (C=O) groups excluding carboxylic acids is 2. The highest BCUT2D eigenvalue weighted by Crippen LogP contribution is 2.17. The van der Waals surface area contributed by atoms with E-state index < -0.39 is 6.04 Å². The molecule has 2 amide bonds. The van der Waals surface area contributed by atoms with Crippen molar-refractivity contribution in [1.82, 2.24) is 10.2 Å². The van der Waals surface area contributed by atoms with Crippen LogP contribution in [0.2, 0.25) is 0 Å². The first-order valence-corrected chi connectivity index (χ1v) is 11.2. The molecule has 4 nitrogen and oxygen atoms in total. The third-order valence-corrected chi connectivity index (χ3v) is 5.37. The molecular formula is C27H38N2O2. The van der Waals surface area contributed by atoms with E-state index >= 15 is 0 Å². The number of rotatable bonds is 8. The minimum atomic E-state index is -0.546. The van der Waals surface area contributed by atoms with Gasteiger partial charge in [-0.15, -0.1) is 0 Å². The van der Waals surface area contributed by atoms with E-state index in [-0.39, 0.29) is 17.4 Å². The van der Waals surface area contributed by atoms with Gasteiger partial charge >= 0.3 is 0 Å². The third kappa shape index (κ3) is 7.86. The van der Waals surface area contributed by atoms with Crippen molar-refractivity contribution >= 4 is 11.8 Å². The van der Waals surface area contributed by atoms with E-state index in [1.807, 2.05) is 52.8 Å². The summed E-state index contributed by atoms with van der Waals surface area (Å²) in [5, 5.41) is 3.01. The Bertz CT molecular complexity index is 879. The van der Waals surface area contributed by atoms with Crippen molar-refractivity contribution in [3.05, 3.63) is 70.8 Å². The molecule has 0 aliphatic heterocycles. The quantitative estimate of drug-likeness (QED) is 0.621. The van der Waals surface area contributed by atoms with Crippen LogP contribution in [-0.2, 0) is 22.6 Å². The molecular weight excluding hydrogens is 384 g/mol. The topological polar surface area (TPSA) is 49.4 Å². The predicted octanol–water partition coefficient (Wildman–Crippen LogP) is 5.38. The van der Waals surface area contributed by atoms with Crippen LogP contribution in [0.3, 0.4) is 0 Å². The molecule has 0 aromatic heterocycles. The van der Waals surface area contributed by atoms with E-state index in [0.29, 0.717) is 25.3 Å². The van der Waals surface area contributed by atoms with Gasteiger partial charge in [-0.2, -0.15) is 0 Å². The van der Waals surface area contributed by atoms with Gasteiger partial charge in [0, 0.05) is 18.5 Å². The Kier molecular flexibility index (Phi) is 8.43. The molecule has 0 saturated carbocycles. The number of hydrogen-bond donors (Lipinski definition) is 1. The van der Waals surface area contributed by atoms with Gasteiger partial charge < -0.3 is 10.2 Å². The van der Waals surface area contributed by atoms with Gasteiger partial charge in [0.05, 0.1) is 0 Å². The molecule has 0 aliphatic carbocycles. The molecule has 0 bridgehead atoms. The van der Waals surface area contributed by atoms with Crippen LogP contribution in [0, 0.1) is 6.92 Å². The van der Waals surface area contributed by atoms with Crippen LogP contribution in [-0.4, -0.2) is 28.3 Å². The predicted molar refractivity (Wildman–Crippen MR) is 128 cm³/mol. The largest absolute Gasteiger partial charge is 0.350 e. The van der Waals surface area contributed by atoms with E-state index in [2.05, 4.69) is 49.5 Å². The van der Waals surface area contributed by atoms with Gasteiger partial charge in [-0.25, -0.2) is 0 Å². The minimum absolute atomic E-state index is 0.00833. The molecule has 2 aromatic carbocycles. The molecule has 2 rings (SSSR count). The Hall–Kier alpha value is -2.62. The Morgan fingerprint density at radius 2 is 1.61 bits per heavy atom. The summed E-state index contributed by atoms with van der Waals surface area (Å²) in [7, 11) is 0. The highest BCUT2D eigenvalue weighted by molar-refractivity contribution is 5.87.